The Morgan fingerprint density at radius 1 is 1.10 bits per heavy atom. The average Bonchev–Trinajstić information content (AvgIpc) is 2.36. The number of hydrogen-bond donors (Lipinski definition) is 2. The molecule has 0 aromatic heterocycles. The van der Waals surface area contributed by atoms with E-state index in [1.807, 2.05) is 25.7 Å². The van der Waals surface area contributed by atoms with E-state index in [2.05, 4.69) is 24.5 Å². The normalized spacial score (nSPS) is 23.4. The summed E-state index contributed by atoms with van der Waals surface area (Å²) in [6.45, 7) is 12.6. The van der Waals surface area contributed by atoms with E-state index in [0.29, 0.717) is 24.9 Å². The van der Waals surface area contributed by atoms with E-state index in [0.717, 1.165) is 19.5 Å². The van der Waals surface area contributed by atoms with Crippen LogP contribution in [0.15, 0.2) is 0 Å². The molecule has 1 aliphatic heterocycles. The largest absolute Gasteiger partial charge is 0.354 e. The standard InChI is InChI=1S/C15H29N3O2/c1-11-6-9-18(10-12(11)2)14(20)17-8-7-16-13(19)15(3,4)5/h11-12H,6-10H2,1-5H3,(H,16,19)(H,17,20)/t11-,12-/m1/s1. The summed E-state index contributed by atoms with van der Waals surface area (Å²) < 4.78 is 0. The third-order valence-electron chi connectivity index (χ3n) is 3.99. The van der Waals surface area contributed by atoms with Crippen molar-refractivity contribution in [2.24, 2.45) is 17.3 Å². The van der Waals surface area contributed by atoms with Crippen LogP contribution < -0.4 is 10.6 Å². The van der Waals surface area contributed by atoms with Crippen molar-refractivity contribution in [3.8, 4) is 0 Å². The second-order valence-corrected chi connectivity index (χ2v) is 6.93. The lowest BCUT2D eigenvalue weighted by Gasteiger charge is -2.35. The predicted molar refractivity (Wildman–Crippen MR) is 80.4 cm³/mol. The van der Waals surface area contributed by atoms with Crippen molar-refractivity contribution in [2.45, 2.75) is 41.0 Å². The topological polar surface area (TPSA) is 61.4 Å². The monoisotopic (exact) mass is 283 g/mol. The molecule has 1 aliphatic rings. The Bertz CT molecular complexity index is 350. The summed E-state index contributed by atoms with van der Waals surface area (Å²) in [7, 11) is 0. The van der Waals surface area contributed by atoms with E-state index >= 15 is 0 Å². The molecule has 0 spiro atoms. The zero-order chi connectivity index (χ0) is 15.3. The average molecular weight is 283 g/mol. The van der Waals surface area contributed by atoms with Gasteiger partial charge >= 0.3 is 6.03 Å². The predicted octanol–water partition coefficient (Wildman–Crippen LogP) is 1.84. The molecule has 5 heteroatoms. The molecule has 0 aliphatic carbocycles. The summed E-state index contributed by atoms with van der Waals surface area (Å²) in [5.41, 5.74) is -0.386. The zero-order valence-electron chi connectivity index (χ0n) is 13.5. The number of carbonyl (C=O) groups is 2. The highest BCUT2D eigenvalue weighted by atomic mass is 16.2. The van der Waals surface area contributed by atoms with E-state index in [1.165, 1.54) is 0 Å². The van der Waals surface area contributed by atoms with E-state index in [-0.39, 0.29) is 17.4 Å². The lowest BCUT2D eigenvalue weighted by Crippen LogP contribution is -2.48. The first-order valence-electron chi connectivity index (χ1n) is 7.53. The molecule has 0 unspecified atom stereocenters. The molecular formula is C15H29N3O2. The van der Waals surface area contributed by atoms with Gasteiger partial charge in [-0.1, -0.05) is 34.6 Å². The number of carbonyl (C=O) groups excluding carboxylic acids is 2. The van der Waals surface area contributed by atoms with E-state index in [9.17, 15) is 9.59 Å². The van der Waals surface area contributed by atoms with Crippen molar-refractivity contribution in [3.05, 3.63) is 0 Å². The number of urea groups is 1. The van der Waals surface area contributed by atoms with Crippen LogP contribution in [0.3, 0.4) is 0 Å². The Balaban J connectivity index is 2.22. The molecule has 20 heavy (non-hydrogen) atoms. The number of piperidine rings is 1. The van der Waals surface area contributed by atoms with Gasteiger partial charge in [-0.25, -0.2) is 4.79 Å². The van der Waals surface area contributed by atoms with Gasteiger partial charge in [0.2, 0.25) is 5.91 Å². The number of amides is 3. The molecule has 1 rings (SSSR count). The fourth-order valence-electron chi connectivity index (χ4n) is 2.17. The molecule has 0 radical (unpaired) electrons. The first-order chi connectivity index (χ1) is 9.21. The van der Waals surface area contributed by atoms with Gasteiger partial charge in [-0.05, 0) is 18.3 Å². The summed E-state index contributed by atoms with van der Waals surface area (Å²) >= 11 is 0. The van der Waals surface area contributed by atoms with E-state index in [4.69, 9.17) is 0 Å². The molecule has 1 heterocycles. The second kappa shape index (κ2) is 6.95. The van der Waals surface area contributed by atoms with E-state index < -0.39 is 0 Å². The fraction of sp³-hybridized carbons (Fsp3) is 0.867. The lowest BCUT2D eigenvalue weighted by atomic mass is 9.89. The van der Waals surface area contributed by atoms with Gasteiger partial charge in [-0.3, -0.25) is 4.79 Å². The molecule has 5 nitrogen and oxygen atoms in total. The molecule has 116 valence electrons. The Hall–Kier alpha value is -1.26. The lowest BCUT2D eigenvalue weighted by molar-refractivity contribution is -0.128. The number of nitrogens with zero attached hydrogens (tertiary/aromatic N) is 1. The minimum Gasteiger partial charge on any atom is -0.354 e. The Kier molecular flexibility index (Phi) is 5.84. The van der Waals surface area contributed by atoms with Gasteiger partial charge in [0, 0.05) is 31.6 Å². The molecule has 2 atom stereocenters. The number of likely N-dealkylation sites (tertiary alicyclic amines) is 1. The number of nitrogens with one attached hydrogen (secondary N) is 2. The first-order valence-corrected chi connectivity index (χ1v) is 7.53. The molecule has 1 saturated heterocycles. The van der Waals surface area contributed by atoms with Crippen molar-refractivity contribution in [3.63, 3.8) is 0 Å². The Morgan fingerprint density at radius 2 is 1.70 bits per heavy atom. The smallest absolute Gasteiger partial charge is 0.317 e. The SMILES string of the molecule is C[C@@H]1CCN(C(=O)NCCNC(=O)C(C)(C)C)C[C@H]1C. The third kappa shape index (κ3) is 5.02. The highest BCUT2D eigenvalue weighted by molar-refractivity contribution is 5.81. The van der Waals surface area contributed by atoms with Gasteiger partial charge in [0.15, 0.2) is 0 Å². The van der Waals surface area contributed by atoms with Gasteiger partial charge in [-0.15, -0.1) is 0 Å². The van der Waals surface area contributed by atoms with Crippen molar-refractivity contribution in [2.75, 3.05) is 26.2 Å². The molecule has 0 aromatic carbocycles. The van der Waals surface area contributed by atoms with Crippen LogP contribution in [0.2, 0.25) is 0 Å². The Labute approximate surface area is 122 Å². The quantitative estimate of drug-likeness (QED) is 0.776. The van der Waals surface area contributed by atoms with Crippen LogP contribution in [0, 0.1) is 17.3 Å². The summed E-state index contributed by atoms with van der Waals surface area (Å²) in [4.78, 5) is 25.5. The van der Waals surface area contributed by atoms with Crippen molar-refractivity contribution in [1.29, 1.82) is 0 Å². The van der Waals surface area contributed by atoms with Gasteiger partial charge in [-0.2, -0.15) is 0 Å². The zero-order valence-corrected chi connectivity index (χ0v) is 13.5. The van der Waals surface area contributed by atoms with Crippen LogP contribution in [0.5, 0.6) is 0 Å². The van der Waals surface area contributed by atoms with E-state index in [1.54, 1.807) is 0 Å². The van der Waals surface area contributed by atoms with Gasteiger partial charge in [0.05, 0.1) is 0 Å². The van der Waals surface area contributed by atoms with Crippen LogP contribution in [-0.2, 0) is 4.79 Å². The third-order valence-corrected chi connectivity index (χ3v) is 3.99. The molecule has 0 bridgehead atoms. The molecule has 0 aromatic rings. The summed E-state index contributed by atoms with van der Waals surface area (Å²) in [5, 5.41) is 5.69. The second-order valence-electron chi connectivity index (χ2n) is 6.93. The molecule has 3 amide bonds. The van der Waals surface area contributed by atoms with Crippen LogP contribution in [0.25, 0.3) is 0 Å². The minimum absolute atomic E-state index is 0.00664. The van der Waals surface area contributed by atoms with Gasteiger partial charge < -0.3 is 15.5 Å². The van der Waals surface area contributed by atoms with Crippen LogP contribution in [-0.4, -0.2) is 43.0 Å². The molecule has 1 fully saturated rings. The van der Waals surface area contributed by atoms with Gasteiger partial charge in [0.1, 0.15) is 0 Å². The van der Waals surface area contributed by atoms with Crippen molar-refractivity contribution in [1.82, 2.24) is 15.5 Å². The number of hydrogen-bond acceptors (Lipinski definition) is 2. The van der Waals surface area contributed by atoms with Crippen LogP contribution in [0.4, 0.5) is 4.79 Å². The maximum Gasteiger partial charge on any atom is 0.317 e. The summed E-state index contributed by atoms with van der Waals surface area (Å²) in [6.07, 6.45) is 1.06. The fourth-order valence-corrected chi connectivity index (χ4v) is 2.17. The van der Waals surface area contributed by atoms with Crippen molar-refractivity contribution < 1.29 is 9.59 Å². The molecular weight excluding hydrogens is 254 g/mol. The first kappa shape index (κ1) is 16.8. The summed E-state index contributed by atoms with van der Waals surface area (Å²) in [6, 6.07) is -0.0197. The van der Waals surface area contributed by atoms with Crippen molar-refractivity contribution >= 4 is 11.9 Å². The van der Waals surface area contributed by atoms with Crippen LogP contribution >= 0.6 is 0 Å². The minimum atomic E-state index is -0.386. The maximum atomic E-state index is 12.0. The van der Waals surface area contributed by atoms with Crippen LogP contribution in [0.1, 0.15) is 41.0 Å². The Morgan fingerprint density at radius 3 is 2.25 bits per heavy atom. The molecule has 0 saturated carbocycles. The molecule has 2 N–H and O–H groups in total. The highest BCUT2D eigenvalue weighted by Gasteiger charge is 2.25. The van der Waals surface area contributed by atoms with Gasteiger partial charge in [0.25, 0.3) is 0 Å². The maximum absolute atomic E-state index is 12.0. The number of rotatable bonds is 3. The highest BCUT2D eigenvalue weighted by Crippen LogP contribution is 2.22. The summed E-state index contributed by atoms with van der Waals surface area (Å²) in [5.74, 6) is 1.24.